The van der Waals surface area contributed by atoms with E-state index in [-0.39, 0.29) is 23.7 Å². The zero-order valence-corrected chi connectivity index (χ0v) is 14.4. The molecular weight excluding hydrogens is 350 g/mol. The molecule has 5 rings (SSSR count). The number of allylic oxidation sites excluding steroid dienone is 2. The normalized spacial score (nSPS) is 20.9. The van der Waals surface area contributed by atoms with E-state index in [2.05, 4.69) is 20.1 Å². The molecule has 1 aliphatic carbocycles. The van der Waals surface area contributed by atoms with Crippen LogP contribution in [0.25, 0.3) is 17.0 Å². The molecule has 2 atom stereocenters. The third-order valence-corrected chi connectivity index (χ3v) is 4.76. The number of rotatable bonds is 4. The van der Waals surface area contributed by atoms with Gasteiger partial charge in [-0.2, -0.15) is 4.98 Å². The summed E-state index contributed by atoms with van der Waals surface area (Å²) in [5.74, 6) is 1.81. The Balaban J connectivity index is 1.55. The molecule has 0 radical (unpaired) electrons. The fourth-order valence-corrected chi connectivity index (χ4v) is 3.50. The minimum atomic E-state index is -0.340. The van der Waals surface area contributed by atoms with Crippen molar-refractivity contribution < 1.29 is 9.26 Å². The Labute approximate surface area is 152 Å². The van der Waals surface area contributed by atoms with Gasteiger partial charge in [-0.05, 0) is 24.6 Å². The Morgan fingerprint density at radius 1 is 1.26 bits per heavy atom. The number of nitrogens with zero attached hydrogens (tertiary/aromatic N) is 3. The highest BCUT2D eigenvalue weighted by Crippen LogP contribution is 2.43. The zero-order chi connectivity index (χ0) is 18.7. The van der Waals surface area contributed by atoms with Gasteiger partial charge in [-0.3, -0.25) is 9.55 Å². The van der Waals surface area contributed by atoms with Crippen LogP contribution in [0.15, 0.2) is 39.3 Å². The van der Waals surface area contributed by atoms with E-state index in [1.807, 2.05) is 12.2 Å². The Bertz CT molecular complexity index is 1160. The van der Waals surface area contributed by atoms with E-state index < -0.39 is 0 Å². The Morgan fingerprint density at radius 2 is 2.11 bits per heavy atom. The molecule has 6 N–H and O–H groups in total. The van der Waals surface area contributed by atoms with Gasteiger partial charge in [0.1, 0.15) is 29.5 Å². The highest BCUT2D eigenvalue weighted by molar-refractivity contribution is 5.82. The Hall–Kier alpha value is -3.53. The van der Waals surface area contributed by atoms with E-state index in [0.29, 0.717) is 40.9 Å². The molecule has 2 unspecified atom stereocenters. The summed E-state index contributed by atoms with van der Waals surface area (Å²) in [6, 6.07) is 1.78. The summed E-state index contributed by atoms with van der Waals surface area (Å²) in [5.41, 5.74) is 14.6. The first kappa shape index (κ1) is 15.7. The first-order valence-electron chi connectivity index (χ1n) is 8.42. The number of nitrogens with one attached hydrogen (secondary N) is 2. The molecule has 27 heavy (non-hydrogen) atoms. The lowest BCUT2D eigenvalue weighted by Crippen LogP contribution is -2.22. The minimum absolute atomic E-state index is 0.128. The standard InChI is InChI=1S/C17H17N7O3/c1-7-21-11(27-23-7)6-8-2-3-10(14-13(8)26-14)24-12(16(19)22-17(24)25)9-4-5-20-15(9)18/h2-5,13-14,20H,6,18-19H2,1H3,(H,22,25). The quantitative estimate of drug-likeness (QED) is 0.497. The summed E-state index contributed by atoms with van der Waals surface area (Å²) in [4.78, 5) is 22.3. The van der Waals surface area contributed by atoms with Crippen LogP contribution in [0.4, 0.5) is 11.6 Å². The van der Waals surface area contributed by atoms with Gasteiger partial charge >= 0.3 is 5.69 Å². The predicted molar refractivity (Wildman–Crippen MR) is 97.4 cm³/mol. The van der Waals surface area contributed by atoms with Gasteiger partial charge in [0, 0.05) is 11.8 Å². The van der Waals surface area contributed by atoms with Gasteiger partial charge in [-0.25, -0.2) is 4.79 Å². The molecule has 10 nitrogen and oxygen atoms in total. The highest BCUT2D eigenvalue weighted by atomic mass is 16.6. The lowest BCUT2D eigenvalue weighted by molar-refractivity contribution is 0.372. The maximum atomic E-state index is 12.5. The second kappa shape index (κ2) is 5.48. The molecule has 3 aromatic heterocycles. The molecule has 1 aliphatic heterocycles. The second-order valence-corrected chi connectivity index (χ2v) is 6.56. The van der Waals surface area contributed by atoms with Crippen molar-refractivity contribution in [3.63, 3.8) is 0 Å². The zero-order valence-electron chi connectivity index (χ0n) is 14.4. The molecule has 2 aliphatic rings. The van der Waals surface area contributed by atoms with E-state index in [9.17, 15) is 4.79 Å². The van der Waals surface area contributed by atoms with Crippen LogP contribution < -0.4 is 17.2 Å². The van der Waals surface area contributed by atoms with Crippen LogP contribution in [0, 0.1) is 6.92 Å². The number of aromatic nitrogens is 5. The molecule has 0 bridgehead atoms. The van der Waals surface area contributed by atoms with Gasteiger partial charge in [0.15, 0.2) is 5.82 Å². The van der Waals surface area contributed by atoms with Crippen LogP contribution in [0.5, 0.6) is 0 Å². The van der Waals surface area contributed by atoms with Gasteiger partial charge in [0.2, 0.25) is 5.89 Å². The topological polar surface area (TPSA) is 157 Å². The van der Waals surface area contributed by atoms with Crippen molar-refractivity contribution in [2.24, 2.45) is 0 Å². The first-order chi connectivity index (χ1) is 13.0. The lowest BCUT2D eigenvalue weighted by atomic mass is 9.99. The number of hydrogen-bond donors (Lipinski definition) is 4. The van der Waals surface area contributed by atoms with Crippen LogP contribution in [0.3, 0.4) is 0 Å². The SMILES string of the molecule is Cc1noc(CC2=CC=C(n3c(-c4cc[nH]c4N)c(N)[nH]c3=O)C3OC23)n1. The monoisotopic (exact) mass is 367 g/mol. The van der Waals surface area contributed by atoms with Crippen molar-refractivity contribution in [2.45, 2.75) is 25.6 Å². The molecule has 10 heteroatoms. The number of nitrogen functional groups attached to an aromatic ring is 2. The molecule has 0 aromatic carbocycles. The van der Waals surface area contributed by atoms with E-state index in [4.69, 9.17) is 20.7 Å². The van der Waals surface area contributed by atoms with Crippen molar-refractivity contribution in [3.8, 4) is 11.3 Å². The van der Waals surface area contributed by atoms with Crippen molar-refractivity contribution in [2.75, 3.05) is 11.5 Å². The molecule has 0 saturated carbocycles. The fourth-order valence-electron chi connectivity index (χ4n) is 3.50. The maximum Gasteiger partial charge on any atom is 0.332 e. The number of fused-ring (bicyclic) bond motifs is 1. The Kier molecular flexibility index (Phi) is 3.19. The molecular formula is C17H17N7O3. The van der Waals surface area contributed by atoms with E-state index >= 15 is 0 Å². The van der Waals surface area contributed by atoms with Gasteiger partial charge in [0.25, 0.3) is 0 Å². The average Bonchev–Trinajstić information content (AvgIpc) is 3.04. The molecule has 1 fully saturated rings. The summed E-state index contributed by atoms with van der Waals surface area (Å²) in [6.07, 6.45) is 5.61. The van der Waals surface area contributed by atoms with E-state index in [1.165, 1.54) is 4.57 Å². The Morgan fingerprint density at radius 3 is 2.81 bits per heavy atom. The predicted octanol–water partition coefficient (Wildman–Crippen LogP) is 0.818. The number of aromatic amines is 2. The number of aryl methyl sites for hydroxylation is 1. The second-order valence-electron chi connectivity index (χ2n) is 6.56. The summed E-state index contributed by atoms with van der Waals surface area (Å²) in [7, 11) is 0. The number of nitrogens with two attached hydrogens (primary N) is 2. The smallest absolute Gasteiger partial charge is 0.332 e. The molecule has 1 saturated heterocycles. The van der Waals surface area contributed by atoms with Gasteiger partial charge in [0.05, 0.1) is 12.1 Å². The summed E-state index contributed by atoms with van der Waals surface area (Å²) < 4.78 is 12.5. The van der Waals surface area contributed by atoms with Gasteiger partial charge in [-0.1, -0.05) is 11.2 Å². The number of anilines is 2. The summed E-state index contributed by atoms with van der Waals surface area (Å²) >= 11 is 0. The number of ether oxygens (including phenoxy) is 1. The highest BCUT2D eigenvalue weighted by Gasteiger charge is 2.48. The number of H-pyrrole nitrogens is 2. The van der Waals surface area contributed by atoms with Crippen LogP contribution in [0.1, 0.15) is 11.7 Å². The van der Waals surface area contributed by atoms with Crippen LogP contribution in [-0.2, 0) is 11.2 Å². The van der Waals surface area contributed by atoms with Crippen LogP contribution in [-0.4, -0.2) is 36.9 Å². The maximum absolute atomic E-state index is 12.5. The first-order valence-corrected chi connectivity index (χ1v) is 8.42. The molecule has 0 amide bonds. The van der Waals surface area contributed by atoms with Crippen molar-refractivity contribution in [1.29, 1.82) is 0 Å². The third-order valence-electron chi connectivity index (χ3n) is 4.76. The molecule has 138 valence electrons. The molecule has 0 spiro atoms. The lowest BCUT2D eigenvalue weighted by Gasteiger charge is -2.13. The number of epoxide rings is 1. The summed E-state index contributed by atoms with van der Waals surface area (Å²) in [5, 5.41) is 3.80. The fraction of sp³-hybridized carbons (Fsp3) is 0.235. The van der Waals surface area contributed by atoms with Crippen molar-refractivity contribution >= 4 is 17.3 Å². The van der Waals surface area contributed by atoms with Gasteiger partial charge in [-0.15, -0.1) is 0 Å². The number of hydrogen-bond acceptors (Lipinski definition) is 7. The molecule has 4 heterocycles. The largest absolute Gasteiger partial charge is 0.385 e. The molecule has 3 aromatic rings. The average molecular weight is 367 g/mol. The van der Waals surface area contributed by atoms with Crippen LogP contribution in [0.2, 0.25) is 0 Å². The van der Waals surface area contributed by atoms with Crippen LogP contribution >= 0.6 is 0 Å². The summed E-state index contributed by atoms with van der Waals surface area (Å²) in [6.45, 7) is 1.77. The van der Waals surface area contributed by atoms with E-state index in [0.717, 1.165) is 5.57 Å². The van der Waals surface area contributed by atoms with E-state index in [1.54, 1.807) is 19.2 Å². The number of imidazole rings is 1. The van der Waals surface area contributed by atoms with Crippen molar-refractivity contribution in [3.05, 3.63) is 52.2 Å². The van der Waals surface area contributed by atoms with Crippen molar-refractivity contribution in [1.82, 2.24) is 24.7 Å². The minimum Gasteiger partial charge on any atom is -0.385 e. The third kappa shape index (κ3) is 2.41. The van der Waals surface area contributed by atoms with Gasteiger partial charge < -0.3 is 25.7 Å².